The second-order valence-corrected chi connectivity index (χ2v) is 4.42. The first-order valence-electron chi connectivity index (χ1n) is 5.92. The molecule has 104 valence electrons. The third-order valence-corrected chi connectivity index (χ3v) is 2.98. The van der Waals surface area contributed by atoms with E-state index in [1.54, 1.807) is 6.92 Å². The average Bonchev–Trinajstić information content (AvgIpc) is 2.76. The molecule has 2 heterocycles. The lowest BCUT2D eigenvalue weighted by atomic mass is 9.95. The fourth-order valence-corrected chi connectivity index (χ4v) is 2.16. The van der Waals surface area contributed by atoms with Crippen LogP contribution in [-0.2, 0) is 6.18 Å². The number of nitrogens with zero attached hydrogens (tertiary/aromatic N) is 4. The van der Waals surface area contributed by atoms with Gasteiger partial charge in [0, 0.05) is 5.56 Å². The quantitative estimate of drug-likeness (QED) is 0.933. The molecule has 1 unspecified atom stereocenters. The summed E-state index contributed by atoms with van der Waals surface area (Å²) in [6.07, 6.45) is -2.07. The molecule has 0 spiro atoms. The molecule has 2 aromatic rings. The summed E-state index contributed by atoms with van der Waals surface area (Å²) in [6, 6.07) is 0. The van der Waals surface area contributed by atoms with Gasteiger partial charge in [-0.2, -0.15) is 27.8 Å². The highest BCUT2D eigenvalue weighted by atomic mass is 19.4. The van der Waals surface area contributed by atoms with Gasteiger partial charge in [-0.1, -0.05) is 20.3 Å². The minimum Gasteiger partial charge on any atom is -0.383 e. The number of anilines is 1. The predicted molar refractivity (Wildman–Crippen MR) is 63.5 cm³/mol. The van der Waals surface area contributed by atoms with Crippen molar-refractivity contribution < 1.29 is 13.2 Å². The van der Waals surface area contributed by atoms with Gasteiger partial charge < -0.3 is 5.73 Å². The van der Waals surface area contributed by atoms with Crippen LogP contribution in [0, 0.1) is 0 Å². The highest BCUT2D eigenvalue weighted by Crippen LogP contribution is 2.38. The van der Waals surface area contributed by atoms with Crippen molar-refractivity contribution in [1.29, 1.82) is 0 Å². The molecule has 0 aliphatic heterocycles. The summed E-state index contributed by atoms with van der Waals surface area (Å²) < 4.78 is 40.4. The normalized spacial score (nSPS) is 13.9. The lowest BCUT2D eigenvalue weighted by Gasteiger charge is -2.19. The van der Waals surface area contributed by atoms with Crippen LogP contribution in [-0.4, -0.2) is 19.6 Å². The molecule has 5 nitrogen and oxygen atoms in total. The molecule has 0 fully saturated rings. The molecule has 2 N–H and O–H groups in total. The van der Waals surface area contributed by atoms with Gasteiger partial charge in [-0.05, 0) is 12.3 Å². The molecule has 1 atom stereocenters. The van der Waals surface area contributed by atoms with Crippen molar-refractivity contribution in [3.8, 4) is 0 Å². The van der Waals surface area contributed by atoms with Gasteiger partial charge in [-0.3, -0.25) is 0 Å². The van der Waals surface area contributed by atoms with Crippen molar-refractivity contribution in [3.05, 3.63) is 17.6 Å². The summed E-state index contributed by atoms with van der Waals surface area (Å²) in [5.74, 6) is -0.532. The third-order valence-electron chi connectivity index (χ3n) is 2.98. The van der Waals surface area contributed by atoms with E-state index in [9.17, 15) is 13.2 Å². The lowest BCUT2D eigenvalue weighted by Crippen LogP contribution is -2.19. The molecule has 19 heavy (non-hydrogen) atoms. The number of hydrogen-bond donors (Lipinski definition) is 1. The maximum atomic E-state index is 13.1. The van der Waals surface area contributed by atoms with Crippen LogP contribution < -0.4 is 5.73 Å². The van der Waals surface area contributed by atoms with Crippen molar-refractivity contribution in [2.75, 3.05) is 5.73 Å². The topological polar surface area (TPSA) is 69.1 Å². The van der Waals surface area contributed by atoms with Gasteiger partial charge in [0.2, 0.25) is 0 Å². The zero-order chi connectivity index (χ0) is 14.2. The molecule has 0 aliphatic carbocycles. The van der Waals surface area contributed by atoms with E-state index < -0.39 is 11.9 Å². The average molecular weight is 273 g/mol. The summed E-state index contributed by atoms with van der Waals surface area (Å²) in [5.41, 5.74) is 4.84. The van der Waals surface area contributed by atoms with Gasteiger partial charge in [0.25, 0.3) is 5.78 Å². The van der Waals surface area contributed by atoms with Gasteiger partial charge in [-0.15, -0.1) is 0 Å². The third kappa shape index (κ3) is 2.34. The number of nitrogen functional groups attached to an aromatic ring is 1. The van der Waals surface area contributed by atoms with E-state index in [0.29, 0.717) is 6.42 Å². The van der Waals surface area contributed by atoms with Gasteiger partial charge in [0.15, 0.2) is 5.69 Å². The molecule has 2 aromatic heterocycles. The minimum absolute atomic E-state index is 0.00708. The Kier molecular flexibility index (Phi) is 3.34. The predicted octanol–water partition coefficient (Wildman–Crippen LogP) is 2.63. The molecule has 0 radical (unpaired) electrons. The van der Waals surface area contributed by atoms with Crippen LogP contribution in [0.3, 0.4) is 0 Å². The Morgan fingerprint density at radius 1 is 1.42 bits per heavy atom. The Bertz CT molecular complexity index is 590. The van der Waals surface area contributed by atoms with Crippen LogP contribution in [0.1, 0.15) is 43.9 Å². The number of alkyl halides is 3. The molecule has 8 heteroatoms. The second kappa shape index (κ2) is 4.67. The Balaban J connectivity index is 2.72. The second-order valence-electron chi connectivity index (χ2n) is 4.42. The van der Waals surface area contributed by atoms with Gasteiger partial charge in [-0.25, -0.2) is 4.98 Å². The van der Waals surface area contributed by atoms with Crippen molar-refractivity contribution in [1.82, 2.24) is 19.6 Å². The van der Waals surface area contributed by atoms with Gasteiger partial charge in [0.1, 0.15) is 12.1 Å². The first-order chi connectivity index (χ1) is 8.86. The number of nitrogens with two attached hydrogens (primary N) is 1. The van der Waals surface area contributed by atoms with Crippen molar-refractivity contribution >= 4 is 11.6 Å². The van der Waals surface area contributed by atoms with Crippen LogP contribution in [0.25, 0.3) is 5.78 Å². The fourth-order valence-electron chi connectivity index (χ4n) is 2.16. The summed E-state index contributed by atoms with van der Waals surface area (Å²) in [4.78, 5) is 7.22. The standard InChI is InChI=1S/C11H14F3N5/c1-3-4-6(2)7-8(11(12,13)14)18-10-16-5-17-19(10)9(7)15/h5-6H,3-4,15H2,1-2H3. The Morgan fingerprint density at radius 2 is 2.11 bits per heavy atom. The van der Waals surface area contributed by atoms with Crippen LogP contribution >= 0.6 is 0 Å². The number of fused-ring (bicyclic) bond motifs is 1. The maximum absolute atomic E-state index is 13.1. The molecular weight excluding hydrogens is 259 g/mol. The molecule has 0 saturated carbocycles. The summed E-state index contributed by atoms with van der Waals surface area (Å²) in [7, 11) is 0. The number of rotatable bonds is 3. The van der Waals surface area contributed by atoms with Gasteiger partial charge >= 0.3 is 6.18 Å². The molecule has 2 rings (SSSR count). The van der Waals surface area contributed by atoms with Crippen molar-refractivity contribution in [2.45, 2.75) is 38.8 Å². The van der Waals surface area contributed by atoms with E-state index in [2.05, 4.69) is 15.1 Å². The summed E-state index contributed by atoms with van der Waals surface area (Å²) in [5, 5.41) is 3.80. The van der Waals surface area contributed by atoms with Crippen LogP contribution in [0.2, 0.25) is 0 Å². The van der Waals surface area contributed by atoms with E-state index in [1.165, 1.54) is 0 Å². The minimum atomic E-state index is -4.56. The number of aromatic nitrogens is 4. The number of halogens is 3. The van der Waals surface area contributed by atoms with Crippen molar-refractivity contribution in [3.63, 3.8) is 0 Å². The molecular formula is C11H14F3N5. The van der Waals surface area contributed by atoms with Gasteiger partial charge in [0.05, 0.1) is 0 Å². The molecule has 0 bridgehead atoms. The molecule has 0 aromatic carbocycles. The van der Waals surface area contributed by atoms with Crippen molar-refractivity contribution in [2.24, 2.45) is 0 Å². The maximum Gasteiger partial charge on any atom is 0.433 e. The highest BCUT2D eigenvalue weighted by Gasteiger charge is 2.38. The molecule has 0 saturated heterocycles. The van der Waals surface area contributed by atoms with E-state index in [1.807, 2.05) is 6.92 Å². The first kappa shape index (κ1) is 13.6. The summed E-state index contributed by atoms with van der Waals surface area (Å²) in [6.45, 7) is 3.61. The zero-order valence-electron chi connectivity index (χ0n) is 10.6. The largest absolute Gasteiger partial charge is 0.433 e. The van der Waals surface area contributed by atoms with E-state index in [0.717, 1.165) is 17.3 Å². The van der Waals surface area contributed by atoms with Crippen LogP contribution in [0.5, 0.6) is 0 Å². The Morgan fingerprint density at radius 3 is 2.68 bits per heavy atom. The SMILES string of the molecule is CCCC(C)c1c(C(F)(F)F)nc2ncnn2c1N. The smallest absolute Gasteiger partial charge is 0.383 e. The zero-order valence-corrected chi connectivity index (χ0v) is 10.6. The highest BCUT2D eigenvalue weighted by molar-refractivity contribution is 5.51. The Hall–Kier alpha value is -1.86. The Labute approximate surface area is 107 Å². The monoisotopic (exact) mass is 273 g/mol. The van der Waals surface area contributed by atoms with Crippen LogP contribution in [0.15, 0.2) is 6.33 Å². The molecule has 0 amide bonds. The first-order valence-corrected chi connectivity index (χ1v) is 5.92. The van der Waals surface area contributed by atoms with E-state index in [-0.39, 0.29) is 23.1 Å². The molecule has 0 aliphatic rings. The number of hydrogen-bond acceptors (Lipinski definition) is 4. The summed E-state index contributed by atoms with van der Waals surface area (Å²) >= 11 is 0. The lowest BCUT2D eigenvalue weighted by molar-refractivity contribution is -0.141. The van der Waals surface area contributed by atoms with E-state index >= 15 is 0 Å². The fraction of sp³-hybridized carbons (Fsp3) is 0.545. The van der Waals surface area contributed by atoms with E-state index in [4.69, 9.17) is 5.73 Å². The van der Waals surface area contributed by atoms with Crippen LogP contribution in [0.4, 0.5) is 19.0 Å².